The van der Waals surface area contributed by atoms with Gasteiger partial charge < -0.3 is 15.4 Å². The monoisotopic (exact) mass is 458 g/mol. The zero-order valence-electron chi connectivity index (χ0n) is 14.7. The van der Waals surface area contributed by atoms with Gasteiger partial charge in [0.1, 0.15) is 11.6 Å². The van der Waals surface area contributed by atoms with Crippen molar-refractivity contribution in [2.75, 3.05) is 13.7 Å². The van der Waals surface area contributed by atoms with Crippen LogP contribution in [0.4, 0.5) is 4.39 Å². The number of rotatable bonds is 6. The number of methoxy groups -OCH3 is 1. The van der Waals surface area contributed by atoms with E-state index in [1.165, 1.54) is 6.07 Å². The molecule has 2 rings (SSSR count). The van der Waals surface area contributed by atoms with Crippen LogP contribution in [0.15, 0.2) is 41.5 Å². The molecule has 0 saturated heterocycles. The number of nitrogens with one attached hydrogen (secondary N) is 2. The van der Waals surface area contributed by atoms with Crippen molar-refractivity contribution in [2.45, 2.75) is 26.9 Å². The van der Waals surface area contributed by atoms with Crippen LogP contribution in [0.1, 0.15) is 23.7 Å². The Morgan fingerprint density at radius 1 is 1.28 bits per heavy atom. The maximum absolute atomic E-state index is 13.6. The minimum atomic E-state index is -0.332. The quantitative estimate of drug-likeness (QED) is 0.396. The molecule has 0 aliphatic rings. The van der Waals surface area contributed by atoms with Gasteiger partial charge in [0.2, 0.25) is 0 Å². The van der Waals surface area contributed by atoms with E-state index in [4.69, 9.17) is 4.74 Å². The number of halogens is 2. The van der Waals surface area contributed by atoms with Crippen molar-refractivity contribution in [3.05, 3.63) is 59.2 Å². The number of aryl methyl sites for hydroxylation is 1. The van der Waals surface area contributed by atoms with E-state index in [1.54, 1.807) is 19.4 Å². The topological polar surface area (TPSA) is 58.5 Å². The molecule has 0 unspecified atom stereocenters. The average Bonchev–Trinajstić information content (AvgIpc) is 2.59. The molecule has 0 fully saturated rings. The van der Waals surface area contributed by atoms with Crippen molar-refractivity contribution in [1.29, 1.82) is 0 Å². The Hall–Kier alpha value is -1.90. The number of ether oxygens (including phenoxy) is 1. The van der Waals surface area contributed by atoms with Crippen LogP contribution in [0.3, 0.4) is 0 Å². The molecule has 7 heteroatoms. The number of aliphatic imine (C=N–C) groups is 1. The standard InChI is InChI=1S/C18H23FN4O.HI/c1-4-20-18(23-12-16-15(19)6-5-9-21-16)22-11-14-8-7-13(2)10-17(14)24-3;/h5-10H,4,11-12H2,1-3H3,(H2,20,22,23);1H. The van der Waals surface area contributed by atoms with Gasteiger partial charge in [-0.3, -0.25) is 4.98 Å². The van der Waals surface area contributed by atoms with E-state index < -0.39 is 0 Å². The molecule has 0 spiro atoms. The molecule has 1 heterocycles. The van der Waals surface area contributed by atoms with Crippen molar-refractivity contribution < 1.29 is 9.13 Å². The molecule has 0 radical (unpaired) electrons. The van der Waals surface area contributed by atoms with E-state index >= 15 is 0 Å². The van der Waals surface area contributed by atoms with Crippen molar-refractivity contribution >= 4 is 29.9 Å². The molecule has 0 amide bonds. The fourth-order valence-corrected chi connectivity index (χ4v) is 2.20. The molecule has 136 valence electrons. The Balaban J connectivity index is 0.00000312. The van der Waals surface area contributed by atoms with Gasteiger partial charge in [0.15, 0.2) is 5.96 Å². The molecular formula is C18H24FIN4O. The maximum Gasteiger partial charge on any atom is 0.191 e. The summed E-state index contributed by atoms with van der Waals surface area (Å²) < 4.78 is 19.0. The molecule has 0 aliphatic heterocycles. The fraction of sp³-hybridized carbons (Fsp3) is 0.333. The first-order valence-electron chi connectivity index (χ1n) is 7.89. The van der Waals surface area contributed by atoms with E-state index in [9.17, 15) is 4.39 Å². The third-order valence-corrected chi connectivity index (χ3v) is 3.45. The lowest BCUT2D eigenvalue weighted by atomic mass is 10.1. The lowest BCUT2D eigenvalue weighted by Gasteiger charge is -2.12. The summed E-state index contributed by atoms with van der Waals surface area (Å²) >= 11 is 0. The number of pyridine rings is 1. The summed E-state index contributed by atoms with van der Waals surface area (Å²) in [5.74, 6) is 1.08. The number of aromatic nitrogens is 1. The Morgan fingerprint density at radius 3 is 2.76 bits per heavy atom. The van der Waals surface area contributed by atoms with Crippen LogP contribution in [0.5, 0.6) is 5.75 Å². The van der Waals surface area contributed by atoms with E-state index in [1.807, 2.05) is 32.0 Å². The molecule has 0 saturated carbocycles. The predicted molar refractivity (Wildman–Crippen MR) is 109 cm³/mol. The first kappa shape index (κ1) is 21.1. The van der Waals surface area contributed by atoms with Crippen LogP contribution in [0, 0.1) is 12.7 Å². The molecule has 25 heavy (non-hydrogen) atoms. The molecule has 1 aromatic heterocycles. The minimum absolute atomic E-state index is 0. The van der Waals surface area contributed by atoms with E-state index in [0.717, 1.165) is 16.9 Å². The number of hydrogen-bond acceptors (Lipinski definition) is 3. The first-order valence-corrected chi connectivity index (χ1v) is 7.89. The number of hydrogen-bond donors (Lipinski definition) is 2. The second-order valence-corrected chi connectivity index (χ2v) is 5.30. The summed E-state index contributed by atoms with van der Waals surface area (Å²) in [6, 6.07) is 8.97. The minimum Gasteiger partial charge on any atom is -0.496 e. The third kappa shape index (κ3) is 6.49. The summed E-state index contributed by atoms with van der Waals surface area (Å²) in [6.45, 7) is 5.43. The summed E-state index contributed by atoms with van der Waals surface area (Å²) in [5, 5.41) is 6.23. The largest absolute Gasteiger partial charge is 0.496 e. The molecule has 0 atom stereocenters. The van der Waals surface area contributed by atoms with Gasteiger partial charge >= 0.3 is 0 Å². The Labute approximate surface area is 165 Å². The Bertz CT molecular complexity index is 709. The fourth-order valence-electron chi connectivity index (χ4n) is 2.20. The number of nitrogens with zero attached hydrogens (tertiary/aromatic N) is 2. The van der Waals surface area contributed by atoms with Gasteiger partial charge in [-0.25, -0.2) is 9.38 Å². The zero-order valence-corrected chi connectivity index (χ0v) is 17.0. The Morgan fingerprint density at radius 2 is 2.08 bits per heavy atom. The second kappa shape index (κ2) is 10.9. The highest BCUT2D eigenvalue weighted by molar-refractivity contribution is 14.0. The molecular weight excluding hydrogens is 434 g/mol. The van der Waals surface area contributed by atoms with Gasteiger partial charge in [-0.2, -0.15) is 0 Å². The average molecular weight is 458 g/mol. The predicted octanol–water partition coefficient (Wildman–Crippen LogP) is 3.41. The summed E-state index contributed by atoms with van der Waals surface area (Å²) in [5.41, 5.74) is 2.48. The van der Waals surface area contributed by atoms with Crippen LogP contribution < -0.4 is 15.4 Å². The van der Waals surface area contributed by atoms with Gasteiger partial charge in [0.25, 0.3) is 0 Å². The highest BCUT2D eigenvalue weighted by Crippen LogP contribution is 2.20. The van der Waals surface area contributed by atoms with Crippen LogP contribution in [0.2, 0.25) is 0 Å². The zero-order chi connectivity index (χ0) is 17.4. The van der Waals surface area contributed by atoms with Crippen molar-refractivity contribution in [1.82, 2.24) is 15.6 Å². The van der Waals surface area contributed by atoms with Gasteiger partial charge in [0, 0.05) is 18.3 Å². The van der Waals surface area contributed by atoms with Crippen LogP contribution in [-0.4, -0.2) is 24.6 Å². The van der Waals surface area contributed by atoms with Crippen LogP contribution in [0.25, 0.3) is 0 Å². The maximum atomic E-state index is 13.6. The smallest absolute Gasteiger partial charge is 0.191 e. The lowest BCUT2D eigenvalue weighted by Crippen LogP contribution is -2.37. The van der Waals surface area contributed by atoms with Crippen LogP contribution >= 0.6 is 24.0 Å². The molecule has 0 aliphatic carbocycles. The van der Waals surface area contributed by atoms with Gasteiger partial charge in [-0.05, 0) is 37.6 Å². The molecule has 2 aromatic rings. The van der Waals surface area contributed by atoms with Gasteiger partial charge in [0.05, 0.1) is 25.9 Å². The summed E-state index contributed by atoms with van der Waals surface area (Å²) in [4.78, 5) is 8.56. The highest BCUT2D eigenvalue weighted by atomic mass is 127. The highest BCUT2D eigenvalue weighted by Gasteiger charge is 2.06. The normalized spacial score (nSPS) is 10.8. The van der Waals surface area contributed by atoms with Crippen molar-refractivity contribution in [2.24, 2.45) is 4.99 Å². The first-order chi connectivity index (χ1) is 11.6. The second-order valence-electron chi connectivity index (χ2n) is 5.30. The van der Waals surface area contributed by atoms with E-state index in [-0.39, 0.29) is 36.3 Å². The molecule has 2 N–H and O–H groups in total. The van der Waals surface area contributed by atoms with Crippen LogP contribution in [-0.2, 0) is 13.1 Å². The Kier molecular flexibility index (Phi) is 9.18. The summed E-state index contributed by atoms with van der Waals surface area (Å²) in [7, 11) is 1.65. The van der Waals surface area contributed by atoms with Crippen molar-refractivity contribution in [3.8, 4) is 5.75 Å². The number of benzene rings is 1. The van der Waals surface area contributed by atoms with Crippen molar-refractivity contribution in [3.63, 3.8) is 0 Å². The number of guanidine groups is 1. The van der Waals surface area contributed by atoms with Gasteiger partial charge in [-0.15, -0.1) is 24.0 Å². The van der Waals surface area contributed by atoms with E-state index in [0.29, 0.717) is 24.7 Å². The van der Waals surface area contributed by atoms with E-state index in [2.05, 4.69) is 20.6 Å². The SMILES string of the molecule is CCNC(=NCc1ccc(C)cc1OC)NCc1ncccc1F.I. The van der Waals surface area contributed by atoms with Gasteiger partial charge in [-0.1, -0.05) is 12.1 Å². The third-order valence-electron chi connectivity index (χ3n) is 3.45. The molecule has 1 aromatic carbocycles. The summed E-state index contributed by atoms with van der Waals surface area (Å²) in [6.07, 6.45) is 1.57. The molecule has 5 nitrogen and oxygen atoms in total. The lowest BCUT2D eigenvalue weighted by molar-refractivity contribution is 0.409. The molecule has 0 bridgehead atoms.